The van der Waals surface area contributed by atoms with E-state index >= 15 is 0 Å². The lowest BCUT2D eigenvalue weighted by molar-refractivity contribution is 0.248. The lowest BCUT2D eigenvalue weighted by Gasteiger charge is -2.15. The molecule has 0 spiro atoms. The molecule has 0 aromatic carbocycles. The fourth-order valence-corrected chi connectivity index (χ4v) is 2.91. The van der Waals surface area contributed by atoms with Crippen LogP contribution < -0.4 is 10.6 Å². The Hall–Kier alpha value is -2.24. The van der Waals surface area contributed by atoms with E-state index in [0.717, 1.165) is 29.9 Å². The van der Waals surface area contributed by atoms with Gasteiger partial charge in [0.05, 0.1) is 17.1 Å². The zero-order valence-corrected chi connectivity index (χ0v) is 15.6. The third-order valence-electron chi connectivity index (χ3n) is 4.31. The highest BCUT2D eigenvalue weighted by Crippen LogP contribution is 2.22. The summed E-state index contributed by atoms with van der Waals surface area (Å²) in [5.74, 6) is 0. The minimum atomic E-state index is -0.177. The Kier molecular flexibility index (Phi) is 5.70. The number of rotatable bonds is 6. The molecule has 2 aromatic heterocycles. The van der Waals surface area contributed by atoms with Gasteiger partial charge in [-0.05, 0) is 59.6 Å². The van der Waals surface area contributed by atoms with E-state index in [9.17, 15) is 4.79 Å². The van der Waals surface area contributed by atoms with Crippen LogP contribution in [0.3, 0.4) is 0 Å². The van der Waals surface area contributed by atoms with Crippen LogP contribution in [-0.2, 0) is 13.5 Å². The van der Waals surface area contributed by atoms with Gasteiger partial charge in [0, 0.05) is 31.0 Å². The van der Waals surface area contributed by atoms with E-state index in [1.807, 2.05) is 44.8 Å². The van der Waals surface area contributed by atoms with Crippen molar-refractivity contribution in [3.8, 4) is 0 Å². The molecule has 2 heterocycles. The van der Waals surface area contributed by atoms with Gasteiger partial charge in [-0.1, -0.05) is 0 Å². The Morgan fingerprint density at radius 1 is 1.29 bits per heavy atom. The molecule has 1 atom stereocenters. The summed E-state index contributed by atoms with van der Waals surface area (Å²) < 4.78 is 4.05. The van der Waals surface area contributed by atoms with E-state index in [2.05, 4.69) is 40.2 Å². The van der Waals surface area contributed by atoms with Crippen molar-refractivity contribution in [1.29, 1.82) is 0 Å². The molecule has 0 aliphatic carbocycles. The first-order chi connectivity index (χ1) is 11.3. The Bertz CT molecular complexity index is 698. The number of hydrogen-bond acceptors (Lipinski definition) is 2. The van der Waals surface area contributed by atoms with E-state index in [-0.39, 0.29) is 18.1 Å². The molecule has 0 bridgehead atoms. The number of anilines is 1. The average molecular weight is 331 g/mol. The van der Waals surface area contributed by atoms with Gasteiger partial charge in [-0.3, -0.25) is 4.68 Å². The quantitative estimate of drug-likeness (QED) is 0.850. The van der Waals surface area contributed by atoms with E-state index in [0.29, 0.717) is 0 Å². The number of aryl methyl sites for hydroxylation is 3. The fourth-order valence-electron chi connectivity index (χ4n) is 2.91. The first kappa shape index (κ1) is 18.1. The monoisotopic (exact) mass is 331 g/mol. The molecule has 0 radical (unpaired) electrons. The minimum absolute atomic E-state index is 0.0978. The minimum Gasteiger partial charge on any atom is -0.354 e. The third kappa shape index (κ3) is 4.19. The summed E-state index contributed by atoms with van der Waals surface area (Å²) in [4.78, 5) is 12.3. The maximum Gasteiger partial charge on any atom is 0.319 e. The number of aromatic nitrogens is 3. The highest BCUT2D eigenvalue weighted by Gasteiger charge is 2.16. The van der Waals surface area contributed by atoms with Crippen LogP contribution in [0.2, 0.25) is 0 Å². The molecule has 0 aliphatic rings. The van der Waals surface area contributed by atoms with Gasteiger partial charge in [-0.25, -0.2) is 4.79 Å². The summed E-state index contributed by atoms with van der Waals surface area (Å²) >= 11 is 0. The van der Waals surface area contributed by atoms with Crippen molar-refractivity contribution < 1.29 is 4.79 Å². The molecule has 0 fully saturated rings. The maximum atomic E-state index is 12.3. The van der Waals surface area contributed by atoms with E-state index in [1.165, 1.54) is 5.69 Å². The van der Waals surface area contributed by atoms with Crippen molar-refractivity contribution >= 4 is 11.7 Å². The molecule has 132 valence electrons. The van der Waals surface area contributed by atoms with E-state index in [1.54, 1.807) is 0 Å². The molecule has 0 saturated carbocycles. The van der Waals surface area contributed by atoms with Crippen LogP contribution in [-0.4, -0.2) is 26.4 Å². The summed E-state index contributed by atoms with van der Waals surface area (Å²) in [7, 11) is 2.04. The Morgan fingerprint density at radius 3 is 2.54 bits per heavy atom. The zero-order valence-electron chi connectivity index (χ0n) is 15.6. The Labute approximate surface area is 144 Å². The molecule has 0 aliphatic heterocycles. The van der Waals surface area contributed by atoms with Gasteiger partial charge in [-0.15, -0.1) is 0 Å². The zero-order chi connectivity index (χ0) is 17.9. The molecule has 2 N–H and O–H groups in total. The molecule has 0 saturated heterocycles. The van der Waals surface area contributed by atoms with Crippen molar-refractivity contribution in [1.82, 2.24) is 19.7 Å². The molecular formula is C18H29N5O. The largest absolute Gasteiger partial charge is 0.354 e. The molecule has 24 heavy (non-hydrogen) atoms. The summed E-state index contributed by atoms with van der Waals surface area (Å²) in [6.45, 7) is 10.1. The van der Waals surface area contributed by atoms with Crippen molar-refractivity contribution in [2.75, 3.05) is 5.32 Å². The summed E-state index contributed by atoms with van der Waals surface area (Å²) in [5.41, 5.74) is 3.90. The van der Waals surface area contributed by atoms with E-state index < -0.39 is 0 Å². The number of carbonyl (C=O) groups excluding carboxylic acids is 1. The lowest BCUT2D eigenvalue weighted by Crippen LogP contribution is -2.36. The molecular weight excluding hydrogens is 302 g/mol. The fraction of sp³-hybridized carbons (Fsp3) is 0.556. The summed E-state index contributed by atoms with van der Waals surface area (Å²) in [5, 5.41) is 10.5. The second-order valence-corrected chi connectivity index (χ2v) is 6.73. The number of urea groups is 1. The van der Waals surface area contributed by atoms with Gasteiger partial charge < -0.3 is 15.2 Å². The van der Waals surface area contributed by atoms with Crippen molar-refractivity contribution in [2.45, 2.75) is 59.5 Å². The normalized spacial score (nSPS) is 12.5. The smallest absolute Gasteiger partial charge is 0.319 e. The van der Waals surface area contributed by atoms with Gasteiger partial charge in [0.25, 0.3) is 0 Å². The van der Waals surface area contributed by atoms with Crippen LogP contribution in [0.4, 0.5) is 10.5 Å². The number of hydrogen-bond donors (Lipinski definition) is 2. The third-order valence-corrected chi connectivity index (χ3v) is 4.31. The highest BCUT2D eigenvalue weighted by molar-refractivity contribution is 5.90. The van der Waals surface area contributed by atoms with Crippen molar-refractivity contribution in [3.63, 3.8) is 0 Å². The van der Waals surface area contributed by atoms with Gasteiger partial charge >= 0.3 is 6.03 Å². The van der Waals surface area contributed by atoms with Crippen LogP contribution in [0.5, 0.6) is 0 Å². The lowest BCUT2D eigenvalue weighted by atomic mass is 10.1. The number of nitrogens with one attached hydrogen (secondary N) is 2. The first-order valence-electron chi connectivity index (χ1n) is 8.53. The maximum absolute atomic E-state index is 12.3. The van der Waals surface area contributed by atoms with Gasteiger partial charge in [0.1, 0.15) is 0 Å². The molecule has 2 rings (SSSR count). The molecule has 2 amide bonds. The standard InChI is InChI=1S/C18H29N5O/c1-12(2)23-15(5)17(14(4)21-23)20-18(24)19-13(3)9-10-16-8-7-11-22(16)6/h7-8,11-13H,9-10H2,1-6H3,(H2,19,20,24)/t13-/m1/s1. The molecule has 6 heteroatoms. The highest BCUT2D eigenvalue weighted by atomic mass is 16.2. The van der Waals surface area contributed by atoms with E-state index in [4.69, 9.17) is 0 Å². The summed E-state index contributed by atoms with van der Waals surface area (Å²) in [6.07, 6.45) is 3.88. The van der Waals surface area contributed by atoms with Crippen LogP contribution in [0.25, 0.3) is 0 Å². The van der Waals surface area contributed by atoms with Gasteiger partial charge in [0.15, 0.2) is 0 Å². The van der Waals surface area contributed by atoms with Crippen molar-refractivity contribution in [3.05, 3.63) is 35.4 Å². The number of carbonyl (C=O) groups is 1. The molecule has 2 aromatic rings. The summed E-state index contributed by atoms with van der Waals surface area (Å²) in [6, 6.07) is 4.34. The van der Waals surface area contributed by atoms with Crippen molar-refractivity contribution in [2.24, 2.45) is 7.05 Å². The second-order valence-electron chi connectivity index (χ2n) is 6.73. The van der Waals surface area contributed by atoms with Crippen LogP contribution in [0.1, 0.15) is 50.3 Å². The predicted molar refractivity (Wildman–Crippen MR) is 97.4 cm³/mol. The predicted octanol–water partition coefficient (Wildman–Crippen LogP) is 3.56. The Morgan fingerprint density at radius 2 is 2.00 bits per heavy atom. The Balaban J connectivity index is 1.90. The second kappa shape index (κ2) is 7.55. The van der Waals surface area contributed by atoms with Gasteiger partial charge in [-0.2, -0.15) is 5.10 Å². The molecule has 6 nitrogen and oxygen atoms in total. The SMILES string of the molecule is Cc1nn(C(C)C)c(C)c1NC(=O)N[C@H](C)CCc1cccn1C. The van der Waals surface area contributed by atoms with Crippen LogP contribution in [0.15, 0.2) is 18.3 Å². The number of amides is 2. The van der Waals surface area contributed by atoms with Crippen LogP contribution >= 0.6 is 0 Å². The van der Waals surface area contributed by atoms with Crippen LogP contribution in [0, 0.1) is 13.8 Å². The number of nitrogens with zero attached hydrogens (tertiary/aromatic N) is 3. The first-order valence-corrected chi connectivity index (χ1v) is 8.53. The topological polar surface area (TPSA) is 63.9 Å². The molecule has 0 unspecified atom stereocenters. The van der Waals surface area contributed by atoms with Gasteiger partial charge in [0.2, 0.25) is 0 Å². The average Bonchev–Trinajstić information content (AvgIpc) is 3.03.